The third-order valence-corrected chi connectivity index (χ3v) is 2.84. The van der Waals surface area contributed by atoms with Crippen LogP contribution < -0.4 is 11.1 Å². The van der Waals surface area contributed by atoms with Crippen LogP contribution in [0.5, 0.6) is 0 Å². The Morgan fingerprint density at radius 2 is 1.89 bits per heavy atom. The number of anilines is 1. The quantitative estimate of drug-likeness (QED) is 0.765. The molecule has 0 aliphatic rings. The average molecular weight is 244 g/mol. The van der Waals surface area contributed by atoms with Crippen molar-refractivity contribution in [3.05, 3.63) is 42.5 Å². The standard InChI is InChI=1S/C14H16N2O2/c1-9(17)13(15)14(18)16-12-7-6-10-4-2-3-5-11(10)8-12/h2-9,13,17H,15H2,1H3,(H,16,18)/t9-,13+/m1/s1. The number of amides is 1. The van der Waals surface area contributed by atoms with E-state index >= 15 is 0 Å². The van der Waals surface area contributed by atoms with Crippen LogP contribution in [-0.4, -0.2) is 23.2 Å². The topological polar surface area (TPSA) is 75.3 Å². The van der Waals surface area contributed by atoms with E-state index in [1.165, 1.54) is 6.92 Å². The second-order valence-corrected chi connectivity index (χ2v) is 4.32. The van der Waals surface area contributed by atoms with E-state index in [-0.39, 0.29) is 5.91 Å². The summed E-state index contributed by atoms with van der Waals surface area (Å²) in [5.41, 5.74) is 6.23. The molecule has 0 aliphatic heterocycles. The second kappa shape index (κ2) is 5.16. The van der Waals surface area contributed by atoms with Gasteiger partial charge in [0.2, 0.25) is 5.91 Å². The molecule has 4 N–H and O–H groups in total. The molecule has 0 heterocycles. The van der Waals surface area contributed by atoms with Gasteiger partial charge in [-0.1, -0.05) is 30.3 Å². The molecule has 0 saturated carbocycles. The molecule has 0 bridgehead atoms. The van der Waals surface area contributed by atoms with Gasteiger partial charge in [-0.2, -0.15) is 0 Å². The van der Waals surface area contributed by atoms with Crippen molar-refractivity contribution in [1.82, 2.24) is 0 Å². The molecular formula is C14H16N2O2. The second-order valence-electron chi connectivity index (χ2n) is 4.32. The zero-order valence-electron chi connectivity index (χ0n) is 10.1. The molecule has 0 unspecified atom stereocenters. The van der Waals surface area contributed by atoms with Crippen LogP contribution in [0.25, 0.3) is 10.8 Å². The van der Waals surface area contributed by atoms with Gasteiger partial charge >= 0.3 is 0 Å². The molecule has 2 aromatic rings. The monoisotopic (exact) mass is 244 g/mol. The summed E-state index contributed by atoms with van der Waals surface area (Å²) >= 11 is 0. The van der Waals surface area contributed by atoms with Gasteiger partial charge in [0, 0.05) is 5.69 Å². The lowest BCUT2D eigenvalue weighted by atomic mass is 10.1. The number of nitrogens with two attached hydrogens (primary N) is 1. The van der Waals surface area contributed by atoms with Gasteiger partial charge in [0.05, 0.1) is 6.10 Å². The Labute approximate surface area is 105 Å². The molecule has 1 amide bonds. The van der Waals surface area contributed by atoms with Gasteiger partial charge in [0.15, 0.2) is 0 Å². The first-order valence-corrected chi connectivity index (χ1v) is 5.81. The molecule has 0 aliphatic carbocycles. The molecule has 4 nitrogen and oxygen atoms in total. The average Bonchev–Trinajstić information content (AvgIpc) is 2.37. The van der Waals surface area contributed by atoms with Gasteiger partial charge in [-0.15, -0.1) is 0 Å². The minimum atomic E-state index is -0.920. The van der Waals surface area contributed by atoms with E-state index in [9.17, 15) is 9.90 Å². The molecule has 4 heteroatoms. The zero-order valence-corrected chi connectivity index (χ0v) is 10.1. The highest BCUT2D eigenvalue weighted by Crippen LogP contribution is 2.18. The molecule has 0 fully saturated rings. The first kappa shape index (κ1) is 12.5. The summed E-state index contributed by atoms with van der Waals surface area (Å²) in [5.74, 6) is -0.389. The molecule has 94 valence electrons. The molecule has 2 atom stereocenters. The van der Waals surface area contributed by atoms with Crippen molar-refractivity contribution in [2.75, 3.05) is 5.32 Å². The Kier molecular flexibility index (Phi) is 3.60. The molecule has 18 heavy (non-hydrogen) atoms. The summed E-state index contributed by atoms with van der Waals surface area (Å²) in [6.45, 7) is 1.49. The number of rotatable bonds is 3. The fourth-order valence-corrected chi connectivity index (χ4v) is 1.71. The van der Waals surface area contributed by atoms with Crippen LogP contribution in [0, 0.1) is 0 Å². The predicted molar refractivity (Wildman–Crippen MR) is 72.2 cm³/mol. The molecule has 2 aromatic carbocycles. The van der Waals surface area contributed by atoms with Crippen molar-refractivity contribution in [3.63, 3.8) is 0 Å². The van der Waals surface area contributed by atoms with Crippen molar-refractivity contribution in [1.29, 1.82) is 0 Å². The Morgan fingerprint density at radius 3 is 2.56 bits per heavy atom. The van der Waals surface area contributed by atoms with E-state index in [4.69, 9.17) is 5.73 Å². The summed E-state index contributed by atoms with van der Waals surface area (Å²) < 4.78 is 0. The molecule has 2 rings (SSSR count). The molecule has 0 radical (unpaired) electrons. The van der Waals surface area contributed by atoms with E-state index < -0.39 is 12.1 Å². The fraction of sp³-hybridized carbons (Fsp3) is 0.214. The fourth-order valence-electron chi connectivity index (χ4n) is 1.71. The summed E-state index contributed by atoms with van der Waals surface area (Å²) in [5, 5.41) is 14.1. The van der Waals surface area contributed by atoms with Crippen LogP contribution in [0.1, 0.15) is 6.92 Å². The number of carbonyl (C=O) groups is 1. The smallest absolute Gasteiger partial charge is 0.243 e. The minimum Gasteiger partial charge on any atom is -0.391 e. The number of carbonyl (C=O) groups excluding carboxylic acids is 1. The van der Waals surface area contributed by atoms with Crippen molar-refractivity contribution >= 4 is 22.4 Å². The number of aliphatic hydroxyl groups is 1. The van der Waals surface area contributed by atoms with Crippen molar-refractivity contribution in [2.24, 2.45) is 5.73 Å². The Balaban J connectivity index is 2.19. The van der Waals surface area contributed by atoms with E-state index in [2.05, 4.69) is 5.32 Å². The van der Waals surface area contributed by atoms with Crippen LogP contribution in [0.3, 0.4) is 0 Å². The van der Waals surface area contributed by atoms with Gasteiger partial charge in [0.1, 0.15) is 6.04 Å². The SMILES string of the molecule is C[C@@H](O)[C@H](N)C(=O)Nc1ccc2ccccc2c1. The maximum absolute atomic E-state index is 11.7. The summed E-state index contributed by atoms with van der Waals surface area (Å²) in [4.78, 5) is 11.7. The number of fused-ring (bicyclic) bond motifs is 1. The number of hydrogen-bond acceptors (Lipinski definition) is 3. The lowest BCUT2D eigenvalue weighted by Crippen LogP contribution is -2.43. The van der Waals surface area contributed by atoms with Crippen LogP contribution in [0.15, 0.2) is 42.5 Å². The van der Waals surface area contributed by atoms with Gasteiger partial charge in [-0.3, -0.25) is 4.79 Å². The summed E-state index contributed by atoms with van der Waals surface area (Å²) in [7, 11) is 0. The number of hydrogen-bond donors (Lipinski definition) is 3. The number of benzene rings is 2. The molecular weight excluding hydrogens is 228 g/mol. The van der Waals surface area contributed by atoms with Crippen molar-refractivity contribution in [3.8, 4) is 0 Å². The third-order valence-electron chi connectivity index (χ3n) is 2.84. The maximum Gasteiger partial charge on any atom is 0.243 e. The normalized spacial score (nSPS) is 14.2. The summed E-state index contributed by atoms with van der Waals surface area (Å²) in [6, 6.07) is 12.6. The Bertz CT molecular complexity index is 566. The highest BCUT2D eigenvalue weighted by molar-refractivity contribution is 5.97. The first-order chi connectivity index (χ1) is 8.58. The van der Waals surface area contributed by atoms with Crippen molar-refractivity contribution in [2.45, 2.75) is 19.1 Å². The van der Waals surface area contributed by atoms with E-state index in [1.54, 1.807) is 0 Å². The van der Waals surface area contributed by atoms with Gasteiger partial charge < -0.3 is 16.2 Å². The van der Waals surface area contributed by atoms with E-state index in [0.717, 1.165) is 10.8 Å². The number of nitrogens with one attached hydrogen (secondary N) is 1. The molecule has 0 saturated heterocycles. The van der Waals surface area contributed by atoms with Gasteiger partial charge in [-0.05, 0) is 29.8 Å². The number of aliphatic hydroxyl groups excluding tert-OH is 1. The van der Waals surface area contributed by atoms with Crippen LogP contribution in [0.2, 0.25) is 0 Å². The van der Waals surface area contributed by atoms with Crippen LogP contribution in [-0.2, 0) is 4.79 Å². The highest BCUT2D eigenvalue weighted by Gasteiger charge is 2.18. The van der Waals surface area contributed by atoms with E-state index in [1.807, 2.05) is 42.5 Å². The highest BCUT2D eigenvalue weighted by atomic mass is 16.3. The molecule has 0 spiro atoms. The van der Waals surface area contributed by atoms with Crippen LogP contribution in [0.4, 0.5) is 5.69 Å². The van der Waals surface area contributed by atoms with Gasteiger partial charge in [-0.25, -0.2) is 0 Å². The van der Waals surface area contributed by atoms with E-state index in [0.29, 0.717) is 5.69 Å². The largest absolute Gasteiger partial charge is 0.391 e. The maximum atomic E-state index is 11.7. The predicted octanol–water partition coefficient (Wildman–Crippen LogP) is 1.49. The van der Waals surface area contributed by atoms with Crippen molar-refractivity contribution < 1.29 is 9.90 Å². The van der Waals surface area contributed by atoms with Crippen LogP contribution >= 0.6 is 0 Å². The minimum absolute atomic E-state index is 0.389. The Morgan fingerprint density at radius 1 is 1.22 bits per heavy atom. The summed E-state index contributed by atoms with van der Waals surface area (Å²) in [6.07, 6.45) is -0.870. The molecule has 0 aromatic heterocycles. The first-order valence-electron chi connectivity index (χ1n) is 5.81. The lowest BCUT2D eigenvalue weighted by Gasteiger charge is -2.14. The Hall–Kier alpha value is -1.91. The van der Waals surface area contributed by atoms with Gasteiger partial charge in [0.25, 0.3) is 0 Å². The lowest BCUT2D eigenvalue weighted by molar-refractivity contribution is -0.119. The zero-order chi connectivity index (χ0) is 13.1. The third kappa shape index (κ3) is 2.67.